The van der Waals surface area contributed by atoms with E-state index in [1.54, 1.807) is 11.9 Å². The van der Waals surface area contributed by atoms with Crippen molar-refractivity contribution in [2.75, 3.05) is 13.6 Å². The summed E-state index contributed by atoms with van der Waals surface area (Å²) in [6, 6.07) is 9.68. The number of carbonyl (C=O) groups is 1. The van der Waals surface area contributed by atoms with Gasteiger partial charge in [-0.25, -0.2) is 0 Å². The Balaban J connectivity index is 1.75. The van der Waals surface area contributed by atoms with Crippen molar-refractivity contribution in [1.82, 2.24) is 10.2 Å². The molecule has 0 unspecified atom stereocenters. The van der Waals surface area contributed by atoms with E-state index in [0.717, 1.165) is 30.8 Å². The predicted molar refractivity (Wildman–Crippen MR) is 84.1 cm³/mol. The molecule has 0 bridgehead atoms. The van der Waals surface area contributed by atoms with Crippen LogP contribution >= 0.6 is 15.9 Å². The molecule has 1 aromatic heterocycles. The fraction of sp³-hybridized carbons (Fsp3) is 0.312. The summed E-state index contributed by atoms with van der Waals surface area (Å²) in [6.45, 7) is 2.30. The van der Waals surface area contributed by atoms with Crippen LogP contribution in [0.3, 0.4) is 0 Å². The summed E-state index contributed by atoms with van der Waals surface area (Å²) in [5, 5.41) is 3.33. The first-order valence-corrected chi connectivity index (χ1v) is 7.75. The monoisotopic (exact) mass is 348 g/mol. The van der Waals surface area contributed by atoms with E-state index in [9.17, 15) is 4.79 Å². The van der Waals surface area contributed by atoms with Crippen LogP contribution in [-0.2, 0) is 19.5 Å². The molecule has 1 N–H and O–H groups in total. The number of fused-ring (bicyclic) bond motifs is 1. The Kier molecular flexibility index (Phi) is 4.12. The molecule has 2 aromatic rings. The Bertz CT molecular complexity index is 666. The van der Waals surface area contributed by atoms with Crippen LogP contribution in [0.2, 0.25) is 0 Å². The second kappa shape index (κ2) is 6.03. The van der Waals surface area contributed by atoms with Crippen LogP contribution in [0.25, 0.3) is 0 Å². The summed E-state index contributed by atoms with van der Waals surface area (Å²) >= 11 is 3.27. The maximum atomic E-state index is 12.5. The third kappa shape index (κ3) is 3.19. The molecule has 0 saturated carbocycles. The van der Waals surface area contributed by atoms with Gasteiger partial charge in [-0.3, -0.25) is 4.79 Å². The van der Waals surface area contributed by atoms with E-state index in [4.69, 9.17) is 4.42 Å². The lowest BCUT2D eigenvalue weighted by Gasteiger charge is -2.20. The lowest BCUT2D eigenvalue weighted by molar-refractivity contribution is 0.0775. The van der Waals surface area contributed by atoms with Gasteiger partial charge in [0.25, 0.3) is 5.91 Å². The number of hydrogen-bond acceptors (Lipinski definition) is 3. The number of nitrogens with one attached hydrogen (secondary N) is 1. The Morgan fingerprint density at radius 1 is 1.33 bits per heavy atom. The molecule has 0 atom stereocenters. The van der Waals surface area contributed by atoms with E-state index in [1.165, 1.54) is 11.1 Å². The normalized spacial score (nSPS) is 13.8. The molecule has 0 spiro atoms. The minimum Gasteiger partial charge on any atom is -0.452 e. The minimum atomic E-state index is 0.0101. The van der Waals surface area contributed by atoms with Gasteiger partial charge in [0.1, 0.15) is 5.76 Å². The molecule has 1 amide bonds. The summed E-state index contributed by atoms with van der Waals surface area (Å²) in [5.74, 6) is 0.772. The molecule has 5 heteroatoms. The van der Waals surface area contributed by atoms with Crippen molar-refractivity contribution < 1.29 is 9.21 Å². The molecule has 110 valence electrons. The molecule has 21 heavy (non-hydrogen) atoms. The van der Waals surface area contributed by atoms with Gasteiger partial charge in [0.15, 0.2) is 4.67 Å². The number of carbonyl (C=O) groups excluding carboxylic acids is 1. The fourth-order valence-corrected chi connectivity index (χ4v) is 2.92. The zero-order valence-electron chi connectivity index (χ0n) is 11.9. The molecule has 0 saturated heterocycles. The third-order valence-electron chi connectivity index (χ3n) is 3.71. The average Bonchev–Trinajstić information content (AvgIpc) is 2.91. The van der Waals surface area contributed by atoms with Crippen molar-refractivity contribution in [3.05, 3.63) is 57.5 Å². The van der Waals surface area contributed by atoms with Gasteiger partial charge in [-0.05, 0) is 64.3 Å². The van der Waals surface area contributed by atoms with Gasteiger partial charge < -0.3 is 14.6 Å². The topological polar surface area (TPSA) is 45.5 Å². The van der Waals surface area contributed by atoms with E-state index in [-0.39, 0.29) is 5.91 Å². The van der Waals surface area contributed by atoms with Gasteiger partial charge in [-0.1, -0.05) is 6.07 Å². The molecule has 1 aliphatic rings. The predicted octanol–water partition coefficient (Wildman–Crippen LogP) is 2.96. The highest BCUT2D eigenvalue weighted by molar-refractivity contribution is 9.10. The lowest BCUT2D eigenvalue weighted by atomic mass is 9.98. The van der Waals surface area contributed by atoms with Gasteiger partial charge in [-0.15, -0.1) is 0 Å². The highest BCUT2D eigenvalue weighted by Crippen LogP contribution is 2.19. The summed E-state index contributed by atoms with van der Waals surface area (Å²) in [5.41, 5.74) is 3.29. The average molecular weight is 349 g/mol. The highest BCUT2D eigenvalue weighted by atomic mass is 79.9. The van der Waals surface area contributed by atoms with E-state index < -0.39 is 0 Å². The Morgan fingerprint density at radius 2 is 2.19 bits per heavy atom. The van der Waals surface area contributed by atoms with Gasteiger partial charge in [0, 0.05) is 19.2 Å². The SMILES string of the molecule is CN(Cc1ccc(Br)o1)C(=O)c1ccc2c(c1)CNCC2. The summed E-state index contributed by atoms with van der Waals surface area (Å²) in [7, 11) is 1.79. The van der Waals surface area contributed by atoms with Gasteiger partial charge in [-0.2, -0.15) is 0 Å². The van der Waals surface area contributed by atoms with Crippen LogP contribution in [0.5, 0.6) is 0 Å². The van der Waals surface area contributed by atoms with Gasteiger partial charge in [0.05, 0.1) is 6.54 Å². The zero-order chi connectivity index (χ0) is 14.8. The first kappa shape index (κ1) is 14.4. The maximum absolute atomic E-state index is 12.5. The smallest absolute Gasteiger partial charge is 0.254 e. The largest absolute Gasteiger partial charge is 0.452 e. The van der Waals surface area contributed by atoms with Crippen LogP contribution in [0, 0.1) is 0 Å². The molecular formula is C16H17BrN2O2. The molecule has 1 aromatic carbocycles. The molecule has 2 heterocycles. The van der Waals surface area contributed by atoms with Crippen molar-refractivity contribution in [1.29, 1.82) is 0 Å². The lowest BCUT2D eigenvalue weighted by Crippen LogP contribution is -2.27. The van der Waals surface area contributed by atoms with Crippen LogP contribution < -0.4 is 5.32 Å². The van der Waals surface area contributed by atoms with Crippen LogP contribution in [-0.4, -0.2) is 24.4 Å². The van der Waals surface area contributed by atoms with E-state index in [1.807, 2.05) is 24.3 Å². The molecule has 0 radical (unpaired) electrons. The summed E-state index contributed by atoms with van der Waals surface area (Å²) < 4.78 is 6.12. The van der Waals surface area contributed by atoms with Crippen molar-refractivity contribution in [2.24, 2.45) is 0 Å². The third-order valence-corrected chi connectivity index (χ3v) is 4.13. The number of hydrogen-bond donors (Lipinski definition) is 1. The molecule has 3 rings (SSSR count). The Hall–Kier alpha value is -1.59. The molecule has 4 nitrogen and oxygen atoms in total. The number of amides is 1. The van der Waals surface area contributed by atoms with E-state index >= 15 is 0 Å². The number of benzene rings is 1. The van der Waals surface area contributed by atoms with Gasteiger partial charge in [0.2, 0.25) is 0 Å². The van der Waals surface area contributed by atoms with E-state index in [0.29, 0.717) is 11.2 Å². The van der Waals surface area contributed by atoms with Crippen molar-refractivity contribution in [2.45, 2.75) is 19.5 Å². The number of halogens is 1. The van der Waals surface area contributed by atoms with Crippen LogP contribution in [0.1, 0.15) is 27.2 Å². The minimum absolute atomic E-state index is 0.0101. The fourth-order valence-electron chi connectivity index (χ4n) is 2.58. The number of nitrogens with zero attached hydrogens (tertiary/aromatic N) is 1. The molecular weight excluding hydrogens is 332 g/mol. The van der Waals surface area contributed by atoms with Gasteiger partial charge >= 0.3 is 0 Å². The summed E-state index contributed by atoms with van der Waals surface area (Å²) in [6.07, 6.45) is 1.03. The highest BCUT2D eigenvalue weighted by Gasteiger charge is 2.16. The first-order chi connectivity index (χ1) is 10.1. The number of furan rings is 1. The quantitative estimate of drug-likeness (QED) is 0.927. The van der Waals surface area contributed by atoms with Crippen LogP contribution in [0.15, 0.2) is 39.4 Å². The van der Waals surface area contributed by atoms with Crippen molar-refractivity contribution >= 4 is 21.8 Å². The standard InChI is InChI=1S/C16H17BrN2O2/c1-19(10-14-4-5-15(17)21-14)16(20)12-3-2-11-6-7-18-9-13(11)8-12/h2-5,8,18H,6-7,9-10H2,1H3. The number of rotatable bonds is 3. The molecule has 1 aliphatic heterocycles. The van der Waals surface area contributed by atoms with Crippen molar-refractivity contribution in [3.63, 3.8) is 0 Å². The zero-order valence-corrected chi connectivity index (χ0v) is 13.4. The van der Waals surface area contributed by atoms with E-state index in [2.05, 4.69) is 27.3 Å². The maximum Gasteiger partial charge on any atom is 0.254 e. The second-order valence-electron chi connectivity index (χ2n) is 5.28. The first-order valence-electron chi connectivity index (χ1n) is 6.95. The summed E-state index contributed by atoms with van der Waals surface area (Å²) in [4.78, 5) is 14.2. The Labute approximate surface area is 132 Å². The Morgan fingerprint density at radius 3 is 2.95 bits per heavy atom. The molecule has 0 fully saturated rings. The molecule has 0 aliphatic carbocycles. The van der Waals surface area contributed by atoms with Crippen LogP contribution in [0.4, 0.5) is 0 Å². The second-order valence-corrected chi connectivity index (χ2v) is 6.06. The van der Waals surface area contributed by atoms with Crippen molar-refractivity contribution in [3.8, 4) is 0 Å².